The molecule has 0 unspecified atom stereocenters. The molecule has 0 spiro atoms. The highest BCUT2D eigenvalue weighted by molar-refractivity contribution is 14.1. The summed E-state index contributed by atoms with van der Waals surface area (Å²) in [5.41, 5.74) is 4.22. The lowest BCUT2D eigenvalue weighted by Gasteiger charge is -2.15. The van der Waals surface area contributed by atoms with E-state index >= 15 is 0 Å². The van der Waals surface area contributed by atoms with Crippen molar-refractivity contribution in [2.45, 2.75) is 26.7 Å². The van der Waals surface area contributed by atoms with Crippen molar-refractivity contribution in [1.29, 1.82) is 0 Å². The van der Waals surface area contributed by atoms with Gasteiger partial charge in [-0.1, -0.05) is 91.1 Å². The number of hydrogen-bond donors (Lipinski definition) is 0. The summed E-state index contributed by atoms with van der Waals surface area (Å²) in [5.74, 6) is 3.46. The van der Waals surface area contributed by atoms with Crippen LogP contribution in [0.4, 0.5) is 0 Å². The van der Waals surface area contributed by atoms with Gasteiger partial charge >= 0.3 is 0 Å². The number of ether oxygens (including phenoxy) is 6. The second-order valence-corrected chi connectivity index (χ2v) is 8.60. The molecule has 0 saturated carbocycles. The molecule has 224 valence electrons. The van der Waals surface area contributed by atoms with Crippen molar-refractivity contribution in [3.63, 3.8) is 0 Å². The minimum atomic E-state index is 0.606. The van der Waals surface area contributed by atoms with Gasteiger partial charge in [-0.3, -0.25) is 0 Å². The molecule has 3 aromatic rings. The predicted octanol–water partition coefficient (Wildman–Crippen LogP) is 8.94. The number of rotatable bonds is 13. The van der Waals surface area contributed by atoms with Gasteiger partial charge in [0, 0.05) is 14.2 Å². The molecular weight excluding hydrogens is 631 g/mol. The van der Waals surface area contributed by atoms with Gasteiger partial charge in [-0.15, -0.1) is 0 Å². The predicted molar refractivity (Wildman–Crippen MR) is 181 cm³/mol. The molecule has 0 fully saturated rings. The molecule has 0 radical (unpaired) electrons. The summed E-state index contributed by atoms with van der Waals surface area (Å²) < 4.78 is 32.4. The first kappa shape index (κ1) is 35.9. The van der Waals surface area contributed by atoms with Crippen LogP contribution in [-0.2, 0) is 4.74 Å². The Morgan fingerprint density at radius 3 is 1.37 bits per heavy atom. The molecule has 3 rings (SSSR count). The maximum absolute atomic E-state index is 5.83. The van der Waals surface area contributed by atoms with Crippen LogP contribution in [0.2, 0.25) is 0 Å². The number of hydrogen-bond acceptors (Lipinski definition) is 6. The molecule has 7 heteroatoms. The van der Waals surface area contributed by atoms with E-state index in [1.54, 1.807) is 35.5 Å². The third-order valence-electron chi connectivity index (χ3n) is 5.46. The third kappa shape index (κ3) is 12.5. The van der Waals surface area contributed by atoms with E-state index in [1.807, 2.05) is 41.3 Å². The van der Waals surface area contributed by atoms with Gasteiger partial charge in [-0.25, -0.2) is 0 Å². The fourth-order valence-electron chi connectivity index (χ4n) is 3.57. The molecule has 0 heterocycles. The van der Waals surface area contributed by atoms with Gasteiger partial charge in [0.25, 0.3) is 0 Å². The maximum Gasteiger partial charge on any atom is 0.203 e. The molecule has 0 N–H and O–H groups in total. The summed E-state index contributed by atoms with van der Waals surface area (Å²) in [6.45, 7) is 5.43. The van der Waals surface area contributed by atoms with Crippen molar-refractivity contribution in [2.24, 2.45) is 0 Å². The quantitative estimate of drug-likeness (QED) is 0.102. The van der Waals surface area contributed by atoms with Gasteiger partial charge in [0.1, 0.15) is 0 Å². The van der Waals surface area contributed by atoms with Gasteiger partial charge in [-0.2, -0.15) is 0 Å². The normalized spacial score (nSPS) is 10.4. The number of halogens is 1. The van der Waals surface area contributed by atoms with Crippen LogP contribution < -0.4 is 23.7 Å². The maximum atomic E-state index is 5.83. The smallest absolute Gasteiger partial charge is 0.203 e. The molecule has 0 aliphatic carbocycles. The molecule has 0 atom stereocenters. The van der Waals surface area contributed by atoms with E-state index in [2.05, 4.69) is 83.7 Å². The fraction of sp³-hybridized carbons (Fsp3) is 0.353. The minimum absolute atomic E-state index is 0.606. The topological polar surface area (TPSA) is 55.4 Å². The van der Waals surface area contributed by atoms with Gasteiger partial charge in [0.15, 0.2) is 23.0 Å². The first-order valence-corrected chi connectivity index (χ1v) is 15.6. The highest BCUT2D eigenvalue weighted by Crippen LogP contribution is 2.39. The number of methoxy groups -OCH3 is 4. The van der Waals surface area contributed by atoms with Gasteiger partial charge in [-0.05, 0) is 64.3 Å². The molecular formula is C34H45IO6. The van der Waals surface area contributed by atoms with Crippen LogP contribution in [0, 0.1) is 0 Å². The fourth-order valence-corrected chi connectivity index (χ4v) is 3.57. The Hall–Kier alpha value is -3.17. The van der Waals surface area contributed by atoms with E-state index in [9.17, 15) is 0 Å². The largest absolute Gasteiger partial charge is 0.493 e. The van der Waals surface area contributed by atoms with Crippen molar-refractivity contribution in [2.75, 3.05) is 53.7 Å². The number of alkyl halides is 1. The second kappa shape index (κ2) is 21.6. The highest BCUT2D eigenvalue weighted by Gasteiger charge is 2.13. The summed E-state index contributed by atoms with van der Waals surface area (Å²) in [6.07, 6.45) is 10.1. The van der Waals surface area contributed by atoms with Gasteiger partial charge in [0.2, 0.25) is 5.75 Å². The first-order chi connectivity index (χ1) is 20.0. The molecule has 0 saturated heterocycles. The van der Waals surface area contributed by atoms with Crippen molar-refractivity contribution < 1.29 is 28.4 Å². The monoisotopic (exact) mass is 676 g/mol. The molecule has 0 amide bonds. The van der Waals surface area contributed by atoms with Crippen LogP contribution in [0.5, 0.6) is 28.7 Å². The Morgan fingerprint density at radius 2 is 0.902 bits per heavy atom. The molecule has 6 nitrogen and oxygen atoms in total. The standard InChI is InChI=1S/C31H36O5.C2H6O.CH3I/c1-6-18-35-27-17-16-25(20-28(27)32-3)14-12-23-8-10-24(11-9-23)13-15-26-21-29(33-4)31(36-19-7-2)30(22-26)34-5;1-3-2;1-2/h8-17,20-22H,6-7,18-19H2,1-5H3;1-2H3;1H3/b14-12+,15-13+;;. The Morgan fingerprint density at radius 1 is 0.512 bits per heavy atom. The van der Waals surface area contributed by atoms with Crippen LogP contribution in [0.3, 0.4) is 0 Å². The molecule has 0 aliphatic heterocycles. The van der Waals surface area contributed by atoms with E-state index in [4.69, 9.17) is 23.7 Å². The van der Waals surface area contributed by atoms with Crippen LogP contribution in [0.25, 0.3) is 24.3 Å². The Labute approximate surface area is 260 Å². The zero-order valence-electron chi connectivity index (χ0n) is 25.7. The van der Waals surface area contributed by atoms with Gasteiger partial charge < -0.3 is 28.4 Å². The van der Waals surface area contributed by atoms with E-state index in [0.29, 0.717) is 30.5 Å². The van der Waals surface area contributed by atoms with Crippen molar-refractivity contribution in [3.8, 4) is 28.7 Å². The summed E-state index contributed by atoms with van der Waals surface area (Å²) >= 11 is 2.15. The number of benzene rings is 3. The molecule has 3 aromatic carbocycles. The average molecular weight is 677 g/mol. The zero-order chi connectivity index (χ0) is 30.5. The lowest BCUT2D eigenvalue weighted by molar-refractivity contribution is 0.275. The Kier molecular flexibility index (Phi) is 18.9. The van der Waals surface area contributed by atoms with E-state index in [-0.39, 0.29) is 0 Å². The summed E-state index contributed by atoms with van der Waals surface area (Å²) in [5, 5.41) is 0. The van der Waals surface area contributed by atoms with Crippen LogP contribution in [0.1, 0.15) is 48.9 Å². The zero-order valence-corrected chi connectivity index (χ0v) is 27.8. The van der Waals surface area contributed by atoms with Crippen molar-refractivity contribution in [1.82, 2.24) is 0 Å². The van der Waals surface area contributed by atoms with Crippen molar-refractivity contribution in [3.05, 3.63) is 76.9 Å². The van der Waals surface area contributed by atoms with E-state index in [1.165, 1.54) is 0 Å². The van der Waals surface area contributed by atoms with Crippen LogP contribution in [0.15, 0.2) is 54.6 Å². The Bertz CT molecular complexity index is 1160. The van der Waals surface area contributed by atoms with Gasteiger partial charge in [0.05, 0.1) is 34.5 Å². The third-order valence-corrected chi connectivity index (χ3v) is 5.46. The SMILES string of the molecule is CCCOc1ccc(/C=C/c2ccc(/C=C/c3cc(OC)c(OCCC)c(OC)c3)cc2)cc1OC.CI.COC. The highest BCUT2D eigenvalue weighted by atomic mass is 127. The van der Waals surface area contributed by atoms with Crippen LogP contribution in [-0.4, -0.2) is 53.7 Å². The van der Waals surface area contributed by atoms with Crippen LogP contribution >= 0.6 is 22.6 Å². The molecule has 0 bridgehead atoms. The minimum Gasteiger partial charge on any atom is -0.493 e. The average Bonchev–Trinajstić information content (AvgIpc) is 3.02. The lowest BCUT2D eigenvalue weighted by atomic mass is 10.1. The molecule has 41 heavy (non-hydrogen) atoms. The lowest BCUT2D eigenvalue weighted by Crippen LogP contribution is -2.00. The van der Waals surface area contributed by atoms with E-state index < -0.39 is 0 Å². The molecule has 0 aromatic heterocycles. The molecule has 0 aliphatic rings. The van der Waals surface area contributed by atoms with E-state index in [0.717, 1.165) is 46.6 Å². The van der Waals surface area contributed by atoms with Crippen molar-refractivity contribution >= 4 is 46.9 Å². The summed E-state index contributed by atoms with van der Waals surface area (Å²) in [6, 6.07) is 18.2. The summed E-state index contributed by atoms with van der Waals surface area (Å²) in [4.78, 5) is 1.97. The summed E-state index contributed by atoms with van der Waals surface area (Å²) in [7, 11) is 8.19. The second-order valence-electron chi connectivity index (χ2n) is 8.60. The Balaban J connectivity index is 0.00000157. The first-order valence-electron chi connectivity index (χ1n) is 13.5.